The Balaban J connectivity index is 1.14. The van der Waals surface area contributed by atoms with Crippen LogP contribution in [0.2, 0.25) is 0 Å². The molecule has 0 saturated carbocycles. The molecule has 0 aliphatic heterocycles. The molecule has 9 aromatic carbocycles. The van der Waals surface area contributed by atoms with Crippen molar-refractivity contribution in [3.05, 3.63) is 188 Å². The van der Waals surface area contributed by atoms with Gasteiger partial charge in [-0.1, -0.05) is 164 Å². The van der Waals surface area contributed by atoms with Crippen molar-refractivity contribution < 1.29 is 0 Å². The van der Waals surface area contributed by atoms with Crippen LogP contribution in [0.4, 0.5) is 0 Å². The number of fused-ring (bicyclic) bond motifs is 7. The van der Waals surface area contributed by atoms with Crippen molar-refractivity contribution in [3.8, 4) is 89.1 Å². The molecule has 10 aromatic rings. The van der Waals surface area contributed by atoms with Gasteiger partial charge in [0.05, 0.1) is 11.2 Å². The predicted molar refractivity (Wildman–Crippen MR) is 232 cm³/mol. The molecular formula is C54H33N. The van der Waals surface area contributed by atoms with Crippen LogP contribution < -0.4 is 0 Å². The average molecular weight is 696 g/mol. The lowest BCUT2D eigenvalue weighted by Crippen LogP contribution is -1.93. The van der Waals surface area contributed by atoms with Gasteiger partial charge in [0.25, 0.3) is 0 Å². The lowest BCUT2D eigenvalue weighted by molar-refractivity contribution is 1.40. The van der Waals surface area contributed by atoms with Crippen molar-refractivity contribution in [1.82, 2.24) is 4.98 Å². The first-order chi connectivity index (χ1) is 27.2. The van der Waals surface area contributed by atoms with Gasteiger partial charge in [-0.2, -0.15) is 0 Å². The number of hydrogen-bond acceptors (Lipinski definition) is 1. The molecule has 1 heteroatoms. The molecule has 0 atom stereocenters. The fraction of sp³-hybridized carbons (Fsp3) is 0.0185. The minimum absolute atomic E-state index is 1.01. The monoisotopic (exact) mass is 695 g/mol. The van der Waals surface area contributed by atoms with E-state index in [1.54, 1.807) is 0 Å². The molecule has 2 aliphatic carbocycles. The minimum atomic E-state index is 1.01. The van der Waals surface area contributed by atoms with Gasteiger partial charge in [0.15, 0.2) is 0 Å². The smallest absolute Gasteiger partial charge is 0.0722 e. The quantitative estimate of drug-likeness (QED) is 0.179. The number of hydrogen-bond donors (Lipinski definition) is 0. The topological polar surface area (TPSA) is 12.9 Å². The van der Waals surface area contributed by atoms with Gasteiger partial charge in [-0.3, -0.25) is 0 Å². The van der Waals surface area contributed by atoms with Gasteiger partial charge in [-0.15, -0.1) is 0 Å². The molecule has 0 radical (unpaired) electrons. The Bertz CT molecular complexity index is 3140. The van der Waals surface area contributed by atoms with Crippen LogP contribution in [0.15, 0.2) is 182 Å². The summed E-state index contributed by atoms with van der Waals surface area (Å²) in [6, 6.07) is 66.9. The van der Waals surface area contributed by atoms with Crippen molar-refractivity contribution in [2.75, 3.05) is 0 Å². The minimum Gasteiger partial charge on any atom is -0.248 e. The third-order valence-electron chi connectivity index (χ3n) is 12.1. The average Bonchev–Trinajstić information content (AvgIpc) is 3.76. The van der Waals surface area contributed by atoms with Crippen molar-refractivity contribution in [2.45, 2.75) is 6.92 Å². The van der Waals surface area contributed by atoms with Gasteiger partial charge < -0.3 is 0 Å². The van der Waals surface area contributed by atoms with Gasteiger partial charge >= 0.3 is 0 Å². The van der Waals surface area contributed by atoms with E-state index in [1.807, 2.05) is 0 Å². The van der Waals surface area contributed by atoms with E-state index in [2.05, 4.69) is 189 Å². The summed E-state index contributed by atoms with van der Waals surface area (Å²) in [5, 5.41) is 6.34. The van der Waals surface area contributed by atoms with E-state index < -0.39 is 0 Å². The van der Waals surface area contributed by atoms with Crippen LogP contribution in [0.1, 0.15) is 5.56 Å². The number of aromatic nitrogens is 1. The summed E-state index contributed by atoms with van der Waals surface area (Å²) in [5.41, 5.74) is 22.4. The summed E-state index contributed by atoms with van der Waals surface area (Å²) in [6.45, 7) is 2.23. The standard InChI is InChI=1S/C54H33N/c1-32-24-29-46-52-45(44-30-36(25-26-41(44)48(32)52)33-14-5-2-6-15-33)31-47(55-46)37-27-28-43-51-38(37)22-13-23-42(51)53-49(34-16-7-3-8-17-34)39-20-11-12-21-40(39)50(54(43)53)35-18-9-4-10-19-35/h2-31H,1H3. The fourth-order valence-electron chi connectivity index (χ4n) is 9.76. The van der Waals surface area contributed by atoms with Crippen molar-refractivity contribution in [2.24, 2.45) is 0 Å². The Hall–Kier alpha value is -7.09. The van der Waals surface area contributed by atoms with Crippen LogP contribution in [0.3, 0.4) is 0 Å². The third-order valence-corrected chi connectivity index (χ3v) is 12.1. The molecule has 0 N–H and O–H groups in total. The Kier molecular flexibility index (Phi) is 6.33. The van der Waals surface area contributed by atoms with Gasteiger partial charge in [-0.05, 0) is 130 Å². The second kappa shape index (κ2) is 11.5. The molecule has 12 rings (SSSR count). The lowest BCUT2D eigenvalue weighted by atomic mass is 9.82. The van der Waals surface area contributed by atoms with E-state index in [1.165, 1.54) is 110 Å². The van der Waals surface area contributed by atoms with E-state index in [0.717, 1.165) is 16.8 Å². The molecule has 0 fully saturated rings. The zero-order valence-corrected chi connectivity index (χ0v) is 30.3. The highest BCUT2D eigenvalue weighted by Crippen LogP contribution is 2.59. The maximum atomic E-state index is 5.47. The third kappa shape index (κ3) is 4.27. The molecule has 0 spiro atoms. The van der Waals surface area contributed by atoms with Crippen molar-refractivity contribution in [3.63, 3.8) is 0 Å². The highest BCUT2D eigenvalue weighted by molar-refractivity contribution is 6.29. The molecule has 55 heavy (non-hydrogen) atoms. The molecular weight excluding hydrogens is 663 g/mol. The summed E-state index contributed by atoms with van der Waals surface area (Å²) < 4.78 is 0. The second-order valence-electron chi connectivity index (χ2n) is 15.0. The van der Waals surface area contributed by atoms with E-state index in [0.29, 0.717) is 0 Å². The first-order valence-corrected chi connectivity index (χ1v) is 19.1. The highest BCUT2D eigenvalue weighted by atomic mass is 14.7. The molecule has 2 aliphatic rings. The van der Waals surface area contributed by atoms with E-state index in [-0.39, 0.29) is 0 Å². The lowest BCUT2D eigenvalue weighted by Gasteiger charge is -2.20. The van der Waals surface area contributed by atoms with Crippen molar-refractivity contribution in [1.29, 1.82) is 0 Å². The molecule has 254 valence electrons. The molecule has 0 bridgehead atoms. The normalized spacial score (nSPS) is 12.1. The molecule has 0 saturated heterocycles. The molecule has 1 heterocycles. The van der Waals surface area contributed by atoms with Gasteiger partial charge in [0.1, 0.15) is 0 Å². The molecule has 1 aromatic heterocycles. The van der Waals surface area contributed by atoms with E-state index in [4.69, 9.17) is 4.98 Å². The summed E-state index contributed by atoms with van der Waals surface area (Å²) in [7, 11) is 0. The number of pyridine rings is 1. The molecule has 1 nitrogen and oxygen atoms in total. The van der Waals surface area contributed by atoms with Crippen LogP contribution in [0.25, 0.3) is 122 Å². The SMILES string of the molecule is Cc1ccc2nc(-c3ccc4c5c(cccc35)-c3c-4c(-c4ccccc4)c4ccccc4c3-c3ccccc3)cc3c2c1-c1ccc(-c2ccccc2)cc1-3. The molecule has 0 unspecified atom stereocenters. The first kappa shape index (κ1) is 30.4. The second-order valence-corrected chi connectivity index (χ2v) is 15.0. The Morgan fingerprint density at radius 3 is 1.55 bits per heavy atom. The van der Waals surface area contributed by atoms with Crippen LogP contribution in [0, 0.1) is 6.92 Å². The Morgan fingerprint density at radius 2 is 0.873 bits per heavy atom. The van der Waals surface area contributed by atoms with Gasteiger partial charge in [0.2, 0.25) is 0 Å². The summed E-state index contributed by atoms with van der Waals surface area (Å²) in [5.74, 6) is 0. The van der Waals surface area contributed by atoms with Crippen molar-refractivity contribution >= 4 is 32.4 Å². The zero-order chi connectivity index (χ0) is 36.2. The van der Waals surface area contributed by atoms with Crippen LogP contribution in [-0.2, 0) is 0 Å². The maximum absolute atomic E-state index is 5.47. The zero-order valence-electron chi connectivity index (χ0n) is 30.3. The van der Waals surface area contributed by atoms with Crippen LogP contribution >= 0.6 is 0 Å². The van der Waals surface area contributed by atoms with E-state index in [9.17, 15) is 0 Å². The van der Waals surface area contributed by atoms with Crippen LogP contribution in [0.5, 0.6) is 0 Å². The van der Waals surface area contributed by atoms with Crippen LogP contribution in [-0.4, -0.2) is 4.98 Å². The Labute approximate surface area is 319 Å². The number of rotatable bonds is 4. The fourth-order valence-corrected chi connectivity index (χ4v) is 9.76. The summed E-state index contributed by atoms with van der Waals surface area (Å²) in [6.07, 6.45) is 0. The number of aryl methyl sites for hydroxylation is 1. The Morgan fingerprint density at radius 1 is 0.309 bits per heavy atom. The maximum Gasteiger partial charge on any atom is 0.0722 e. The first-order valence-electron chi connectivity index (χ1n) is 19.1. The van der Waals surface area contributed by atoms with Gasteiger partial charge in [0, 0.05) is 10.9 Å². The largest absolute Gasteiger partial charge is 0.248 e. The summed E-state index contributed by atoms with van der Waals surface area (Å²) >= 11 is 0. The highest BCUT2D eigenvalue weighted by Gasteiger charge is 2.32. The number of nitrogens with zero attached hydrogens (tertiary/aromatic N) is 1. The van der Waals surface area contributed by atoms with Gasteiger partial charge in [-0.25, -0.2) is 4.98 Å². The predicted octanol–water partition coefficient (Wildman–Crippen LogP) is 14.8. The summed E-state index contributed by atoms with van der Waals surface area (Å²) in [4.78, 5) is 5.47. The number of benzene rings is 9. The molecule has 0 amide bonds. The van der Waals surface area contributed by atoms with E-state index >= 15 is 0 Å².